The second-order valence-corrected chi connectivity index (χ2v) is 5.26. The Labute approximate surface area is 120 Å². The molecule has 112 valence electrons. The molecule has 0 aliphatic rings. The van der Waals surface area contributed by atoms with Gasteiger partial charge in [-0.3, -0.25) is 4.79 Å². The maximum atomic E-state index is 11.5. The Hall–Kier alpha value is -1.75. The van der Waals surface area contributed by atoms with Gasteiger partial charge in [-0.1, -0.05) is 19.9 Å². The summed E-state index contributed by atoms with van der Waals surface area (Å²) in [6, 6.07) is 5.82. The molecule has 0 saturated heterocycles. The second-order valence-electron chi connectivity index (χ2n) is 5.26. The predicted octanol–water partition coefficient (Wildman–Crippen LogP) is 1.32. The molecule has 5 nitrogen and oxygen atoms in total. The molecule has 5 heteroatoms. The van der Waals surface area contributed by atoms with Crippen LogP contribution < -0.4 is 20.1 Å². The summed E-state index contributed by atoms with van der Waals surface area (Å²) in [4.78, 5) is 11.5. The first kappa shape index (κ1) is 16.3. The second kappa shape index (κ2) is 7.14. The number of carbonyl (C=O) groups excluding carboxylic acids is 1. The fourth-order valence-electron chi connectivity index (χ4n) is 1.90. The summed E-state index contributed by atoms with van der Waals surface area (Å²) >= 11 is 0. The highest BCUT2D eigenvalue weighted by atomic mass is 16.5. The summed E-state index contributed by atoms with van der Waals surface area (Å²) in [6.45, 7) is 5.03. The molecule has 20 heavy (non-hydrogen) atoms. The molecular formula is C15H24N2O3. The lowest BCUT2D eigenvalue weighted by Crippen LogP contribution is -2.40. The zero-order valence-corrected chi connectivity index (χ0v) is 12.9. The Morgan fingerprint density at radius 2 is 1.85 bits per heavy atom. The van der Waals surface area contributed by atoms with E-state index in [1.165, 1.54) is 0 Å². The van der Waals surface area contributed by atoms with Gasteiger partial charge in [-0.25, -0.2) is 0 Å². The minimum absolute atomic E-state index is 0.0129. The number of likely N-dealkylation sites (N-methyl/N-ethyl adjacent to an activating group) is 1. The number of nitrogens with one attached hydrogen (secondary N) is 2. The van der Waals surface area contributed by atoms with Crippen LogP contribution in [-0.2, 0) is 10.2 Å². The third kappa shape index (κ3) is 4.13. The lowest BCUT2D eigenvalue weighted by atomic mass is 9.84. The Balaban J connectivity index is 2.83. The number of benzene rings is 1. The van der Waals surface area contributed by atoms with Gasteiger partial charge in [-0.15, -0.1) is 0 Å². The molecule has 0 aromatic heterocycles. The maximum absolute atomic E-state index is 11.5. The van der Waals surface area contributed by atoms with Gasteiger partial charge in [0, 0.05) is 12.0 Å². The van der Waals surface area contributed by atoms with E-state index in [4.69, 9.17) is 9.47 Å². The summed E-state index contributed by atoms with van der Waals surface area (Å²) in [5.41, 5.74) is 0.892. The normalized spacial score (nSPS) is 11.1. The molecule has 0 atom stereocenters. The number of ether oxygens (including phenoxy) is 2. The Kier molecular flexibility index (Phi) is 5.82. The average Bonchev–Trinajstić information content (AvgIpc) is 2.44. The van der Waals surface area contributed by atoms with E-state index < -0.39 is 0 Å². The minimum atomic E-state index is -0.192. The van der Waals surface area contributed by atoms with E-state index in [2.05, 4.69) is 24.5 Å². The molecule has 1 aromatic rings. The molecule has 0 fully saturated rings. The van der Waals surface area contributed by atoms with Crippen molar-refractivity contribution in [2.45, 2.75) is 19.3 Å². The van der Waals surface area contributed by atoms with E-state index in [0.29, 0.717) is 24.6 Å². The molecule has 0 unspecified atom stereocenters. The van der Waals surface area contributed by atoms with Gasteiger partial charge in [0.25, 0.3) is 0 Å². The third-order valence-electron chi connectivity index (χ3n) is 3.23. The van der Waals surface area contributed by atoms with Crippen molar-refractivity contribution in [2.75, 3.05) is 34.4 Å². The van der Waals surface area contributed by atoms with Gasteiger partial charge in [-0.05, 0) is 24.7 Å². The summed E-state index contributed by atoms with van der Waals surface area (Å²) < 4.78 is 10.5. The molecule has 0 saturated carbocycles. The monoisotopic (exact) mass is 280 g/mol. The van der Waals surface area contributed by atoms with Crippen LogP contribution in [-0.4, -0.2) is 40.3 Å². The topological polar surface area (TPSA) is 59.6 Å². The van der Waals surface area contributed by atoms with E-state index >= 15 is 0 Å². The molecule has 0 aliphatic heterocycles. The van der Waals surface area contributed by atoms with Crippen LogP contribution in [0.5, 0.6) is 11.5 Å². The number of hydrogen-bond donors (Lipinski definition) is 2. The van der Waals surface area contributed by atoms with Gasteiger partial charge in [0.2, 0.25) is 5.91 Å². The van der Waals surface area contributed by atoms with Crippen molar-refractivity contribution in [1.29, 1.82) is 0 Å². The Morgan fingerprint density at radius 1 is 1.20 bits per heavy atom. The van der Waals surface area contributed by atoms with Crippen molar-refractivity contribution in [3.05, 3.63) is 23.8 Å². The summed E-state index contributed by atoms with van der Waals surface area (Å²) in [7, 11) is 4.98. The van der Waals surface area contributed by atoms with Crippen molar-refractivity contribution < 1.29 is 14.3 Å². The Morgan fingerprint density at radius 3 is 2.40 bits per heavy atom. The first-order valence-electron chi connectivity index (χ1n) is 6.58. The molecule has 0 heterocycles. The number of methoxy groups -OCH3 is 2. The van der Waals surface area contributed by atoms with E-state index in [1.807, 2.05) is 18.2 Å². The molecule has 2 N–H and O–H groups in total. The van der Waals surface area contributed by atoms with Gasteiger partial charge in [0.15, 0.2) is 11.5 Å². The van der Waals surface area contributed by atoms with Crippen LogP contribution in [0.1, 0.15) is 19.4 Å². The number of carbonyl (C=O) groups is 1. The molecule has 0 radical (unpaired) electrons. The summed E-state index contributed by atoms with van der Waals surface area (Å²) in [5, 5.41) is 5.74. The van der Waals surface area contributed by atoms with Crippen molar-refractivity contribution in [2.24, 2.45) is 0 Å². The van der Waals surface area contributed by atoms with Gasteiger partial charge < -0.3 is 20.1 Å². The fraction of sp³-hybridized carbons (Fsp3) is 0.533. The molecule has 1 rings (SSSR count). The molecular weight excluding hydrogens is 256 g/mol. The van der Waals surface area contributed by atoms with Crippen LogP contribution in [0, 0.1) is 0 Å². The molecule has 0 spiro atoms. The van der Waals surface area contributed by atoms with Crippen LogP contribution in [0.4, 0.5) is 0 Å². The lowest BCUT2D eigenvalue weighted by Gasteiger charge is -2.26. The van der Waals surface area contributed by atoms with E-state index in [0.717, 1.165) is 5.56 Å². The fourth-order valence-corrected chi connectivity index (χ4v) is 1.90. The van der Waals surface area contributed by atoms with Crippen molar-refractivity contribution in [1.82, 2.24) is 10.6 Å². The highest BCUT2D eigenvalue weighted by Gasteiger charge is 2.22. The average molecular weight is 280 g/mol. The van der Waals surface area contributed by atoms with Crippen LogP contribution in [0.15, 0.2) is 18.2 Å². The van der Waals surface area contributed by atoms with Crippen LogP contribution in [0.25, 0.3) is 0 Å². The van der Waals surface area contributed by atoms with Gasteiger partial charge in [-0.2, -0.15) is 0 Å². The van der Waals surface area contributed by atoms with Crippen LogP contribution >= 0.6 is 0 Å². The van der Waals surface area contributed by atoms with Crippen molar-refractivity contribution in [3.63, 3.8) is 0 Å². The van der Waals surface area contributed by atoms with Gasteiger partial charge in [0.1, 0.15) is 0 Å². The van der Waals surface area contributed by atoms with Gasteiger partial charge in [0.05, 0.1) is 20.8 Å². The van der Waals surface area contributed by atoms with E-state index in [9.17, 15) is 4.79 Å². The maximum Gasteiger partial charge on any atom is 0.233 e. The predicted molar refractivity (Wildman–Crippen MR) is 79.5 cm³/mol. The molecule has 0 aliphatic carbocycles. The van der Waals surface area contributed by atoms with Crippen LogP contribution in [0.3, 0.4) is 0 Å². The van der Waals surface area contributed by atoms with Crippen molar-refractivity contribution >= 4 is 5.91 Å². The standard InChI is InChI=1S/C15H24N2O3/c1-15(2,10-17-14(18)9-16-3)11-6-7-12(19-4)13(8-11)20-5/h6-8,16H,9-10H2,1-5H3,(H,17,18). The first-order chi connectivity index (χ1) is 9.44. The van der Waals surface area contributed by atoms with Crippen molar-refractivity contribution in [3.8, 4) is 11.5 Å². The highest BCUT2D eigenvalue weighted by molar-refractivity contribution is 5.78. The van der Waals surface area contributed by atoms with E-state index in [1.54, 1.807) is 21.3 Å². The zero-order valence-electron chi connectivity index (χ0n) is 12.9. The largest absolute Gasteiger partial charge is 0.493 e. The molecule has 1 amide bonds. The quantitative estimate of drug-likeness (QED) is 0.791. The Bertz CT molecular complexity index is 458. The van der Waals surface area contributed by atoms with E-state index in [-0.39, 0.29) is 11.3 Å². The first-order valence-corrected chi connectivity index (χ1v) is 6.58. The highest BCUT2D eigenvalue weighted by Crippen LogP contribution is 2.32. The minimum Gasteiger partial charge on any atom is -0.493 e. The SMILES string of the molecule is CNCC(=O)NCC(C)(C)c1ccc(OC)c(OC)c1. The lowest BCUT2D eigenvalue weighted by molar-refractivity contribution is -0.120. The summed E-state index contributed by atoms with van der Waals surface area (Å²) in [5.74, 6) is 1.38. The number of amides is 1. The smallest absolute Gasteiger partial charge is 0.233 e. The third-order valence-corrected chi connectivity index (χ3v) is 3.23. The molecule has 1 aromatic carbocycles. The zero-order chi connectivity index (χ0) is 15.2. The summed E-state index contributed by atoms with van der Waals surface area (Å²) in [6.07, 6.45) is 0. The number of rotatable bonds is 7. The van der Waals surface area contributed by atoms with Crippen LogP contribution in [0.2, 0.25) is 0 Å². The number of hydrogen-bond acceptors (Lipinski definition) is 4. The molecule has 0 bridgehead atoms. The van der Waals surface area contributed by atoms with Gasteiger partial charge >= 0.3 is 0 Å².